The van der Waals surface area contributed by atoms with E-state index >= 15 is 0 Å². The molecule has 0 amide bonds. The summed E-state index contributed by atoms with van der Waals surface area (Å²) in [6.07, 6.45) is 10.1. The van der Waals surface area contributed by atoms with E-state index in [1.165, 1.54) is 50.8 Å². The van der Waals surface area contributed by atoms with Crippen LogP contribution in [0.15, 0.2) is 0 Å². The third kappa shape index (κ3) is 5.19. The Morgan fingerprint density at radius 1 is 1.29 bits per heavy atom. The van der Waals surface area contributed by atoms with Crippen molar-refractivity contribution in [3.8, 4) is 0 Å². The predicted octanol–water partition coefficient (Wildman–Crippen LogP) is 2.97. The van der Waals surface area contributed by atoms with Crippen LogP contribution in [0.3, 0.4) is 0 Å². The molecule has 3 unspecified atom stereocenters. The summed E-state index contributed by atoms with van der Waals surface area (Å²) in [7, 11) is 2.28. The molecule has 0 radical (unpaired) electrons. The molecule has 2 N–H and O–H groups in total. The van der Waals surface area contributed by atoms with Crippen molar-refractivity contribution in [2.75, 3.05) is 25.6 Å². The Hall–Kier alpha value is 0.270. The fourth-order valence-electron chi connectivity index (χ4n) is 2.91. The zero-order valence-corrected chi connectivity index (χ0v) is 12.6. The molecule has 3 heteroatoms. The van der Waals surface area contributed by atoms with E-state index < -0.39 is 0 Å². The van der Waals surface area contributed by atoms with Gasteiger partial charge in [0.2, 0.25) is 0 Å². The highest BCUT2D eigenvalue weighted by Crippen LogP contribution is 2.24. The zero-order valence-electron chi connectivity index (χ0n) is 11.8. The summed E-state index contributed by atoms with van der Waals surface area (Å²) < 4.78 is 0. The Kier molecular flexibility index (Phi) is 7.56. The predicted molar refractivity (Wildman–Crippen MR) is 79.6 cm³/mol. The molecular formula is C14H30N2S. The topological polar surface area (TPSA) is 29.3 Å². The van der Waals surface area contributed by atoms with E-state index in [9.17, 15) is 0 Å². The molecule has 1 aliphatic rings. The van der Waals surface area contributed by atoms with E-state index in [0.29, 0.717) is 6.04 Å². The largest absolute Gasteiger partial charge is 0.327 e. The molecule has 0 spiro atoms. The minimum Gasteiger partial charge on any atom is -0.327 e. The zero-order chi connectivity index (χ0) is 12.7. The van der Waals surface area contributed by atoms with Crippen molar-refractivity contribution in [2.24, 2.45) is 11.7 Å². The van der Waals surface area contributed by atoms with Crippen molar-refractivity contribution in [1.29, 1.82) is 0 Å². The summed E-state index contributed by atoms with van der Waals surface area (Å²) in [5.41, 5.74) is 6.31. The first-order valence-corrected chi connectivity index (χ1v) is 8.53. The van der Waals surface area contributed by atoms with Crippen LogP contribution < -0.4 is 5.73 Å². The van der Waals surface area contributed by atoms with Gasteiger partial charge in [0.1, 0.15) is 0 Å². The SMILES string of the molecule is CCC(CSC)N(C)CC1CCCCCC1N. The van der Waals surface area contributed by atoms with E-state index in [1.807, 2.05) is 11.8 Å². The monoisotopic (exact) mass is 258 g/mol. The molecule has 2 nitrogen and oxygen atoms in total. The van der Waals surface area contributed by atoms with Crippen LogP contribution in [0.2, 0.25) is 0 Å². The lowest BCUT2D eigenvalue weighted by atomic mass is 9.94. The molecule has 0 bridgehead atoms. The summed E-state index contributed by atoms with van der Waals surface area (Å²) >= 11 is 1.96. The summed E-state index contributed by atoms with van der Waals surface area (Å²) in [6.45, 7) is 3.49. The van der Waals surface area contributed by atoms with E-state index in [4.69, 9.17) is 5.73 Å². The first kappa shape index (κ1) is 15.3. The average molecular weight is 258 g/mol. The van der Waals surface area contributed by atoms with Crippen molar-refractivity contribution in [2.45, 2.75) is 57.5 Å². The van der Waals surface area contributed by atoms with Gasteiger partial charge >= 0.3 is 0 Å². The highest BCUT2D eigenvalue weighted by atomic mass is 32.2. The number of thioether (sulfide) groups is 1. The highest BCUT2D eigenvalue weighted by molar-refractivity contribution is 7.98. The molecule has 102 valence electrons. The van der Waals surface area contributed by atoms with Gasteiger partial charge in [-0.05, 0) is 38.5 Å². The quantitative estimate of drug-likeness (QED) is 0.743. The van der Waals surface area contributed by atoms with Gasteiger partial charge in [-0.1, -0.05) is 26.2 Å². The van der Waals surface area contributed by atoms with Gasteiger partial charge < -0.3 is 10.6 Å². The molecule has 17 heavy (non-hydrogen) atoms. The van der Waals surface area contributed by atoms with Crippen LogP contribution >= 0.6 is 11.8 Å². The summed E-state index contributed by atoms with van der Waals surface area (Å²) in [5.74, 6) is 1.97. The molecule has 1 rings (SSSR count). The number of rotatable bonds is 6. The Morgan fingerprint density at radius 3 is 2.65 bits per heavy atom. The average Bonchev–Trinajstić information content (AvgIpc) is 2.52. The van der Waals surface area contributed by atoms with Gasteiger partial charge in [0.05, 0.1) is 0 Å². The van der Waals surface area contributed by atoms with Gasteiger partial charge in [-0.25, -0.2) is 0 Å². The second-order valence-corrected chi connectivity index (χ2v) is 6.43. The Balaban J connectivity index is 2.43. The normalized spacial score (nSPS) is 28.1. The van der Waals surface area contributed by atoms with Crippen molar-refractivity contribution in [3.63, 3.8) is 0 Å². The third-order valence-corrected chi connectivity index (χ3v) is 4.91. The number of hydrogen-bond acceptors (Lipinski definition) is 3. The van der Waals surface area contributed by atoms with Gasteiger partial charge in [0.25, 0.3) is 0 Å². The van der Waals surface area contributed by atoms with Gasteiger partial charge in [0, 0.05) is 24.4 Å². The highest BCUT2D eigenvalue weighted by Gasteiger charge is 2.23. The minimum absolute atomic E-state index is 0.437. The second-order valence-electron chi connectivity index (χ2n) is 5.52. The first-order chi connectivity index (χ1) is 8.19. The van der Waals surface area contributed by atoms with Crippen LogP contribution in [-0.4, -0.2) is 42.6 Å². The maximum Gasteiger partial charge on any atom is 0.0180 e. The smallest absolute Gasteiger partial charge is 0.0180 e. The molecule has 0 aliphatic heterocycles. The lowest BCUT2D eigenvalue weighted by molar-refractivity contribution is 0.195. The van der Waals surface area contributed by atoms with E-state index in [1.54, 1.807) is 0 Å². The van der Waals surface area contributed by atoms with Crippen molar-refractivity contribution in [3.05, 3.63) is 0 Å². The summed E-state index contributed by atoms with van der Waals surface area (Å²) in [6, 6.07) is 1.16. The van der Waals surface area contributed by atoms with E-state index in [0.717, 1.165) is 12.0 Å². The Bertz CT molecular complexity index is 199. The van der Waals surface area contributed by atoms with E-state index in [-0.39, 0.29) is 0 Å². The van der Waals surface area contributed by atoms with Gasteiger partial charge in [-0.15, -0.1) is 0 Å². The molecule has 1 fully saturated rings. The molecule has 0 aromatic carbocycles. The fraction of sp³-hybridized carbons (Fsp3) is 1.00. The van der Waals surface area contributed by atoms with Crippen LogP contribution in [0.1, 0.15) is 45.4 Å². The fourth-order valence-corrected chi connectivity index (χ4v) is 3.78. The van der Waals surface area contributed by atoms with Gasteiger partial charge in [-0.2, -0.15) is 11.8 Å². The molecule has 0 aromatic rings. The molecule has 1 saturated carbocycles. The Labute approximate surface area is 112 Å². The van der Waals surface area contributed by atoms with Crippen LogP contribution in [0.25, 0.3) is 0 Å². The number of hydrogen-bond donors (Lipinski definition) is 1. The molecule has 0 saturated heterocycles. The molecular weight excluding hydrogens is 228 g/mol. The standard InChI is InChI=1S/C14H30N2S/c1-4-13(11-17-3)16(2)10-12-8-6-5-7-9-14(12)15/h12-14H,4-11,15H2,1-3H3. The molecule has 0 heterocycles. The number of nitrogens with zero attached hydrogens (tertiary/aromatic N) is 1. The van der Waals surface area contributed by atoms with Crippen LogP contribution in [-0.2, 0) is 0 Å². The summed E-state index contributed by atoms with van der Waals surface area (Å²) in [5, 5.41) is 0. The van der Waals surface area contributed by atoms with Crippen LogP contribution in [0.5, 0.6) is 0 Å². The van der Waals surface area contributed by atoms with Crippen molar-refractivity contribution >= 4 is 11.8 Å². The lowest BCUT2D eigenvalue weighted by Crippen LogP contribution is -2.42. The van der Waals surface area contributed by atoms with Crippen LogP contribution in [0, 0.1) is 5.92 Å². The van der Waals surface area contributed by atoms with E-state index in [2.05, 4.69) is 25.1 Å². The second kappa shape index (κ2) is 8.39. The number of nitrogens with two attached hydrogens (primary N) is 1. The van der Waals surface area contributed by atoms with Gasteiger partial charge in [-0.3, -0.25) is 0 Å². The van der Waals surface area contributed by atoms with Gasteiger partial charge in [0.15, 0.2) is 0 Å². The minimum atomic E-state index is 0.437. The molecule has 0 aromatic heterocycles. The molecule has 3 atom stereocenters. The maximum atomic E-state index is 6.31. The Morgan fingerprint density at radius 2 is 2.00 bits per heavy atom. The van der Waals surface area contributed by atoms with Crippen LogP contribution in [0.4, 0.5) is 0 Å². The van der Waals surface area contributed by atoms with Crippen molar-refractivity contribution in [1.82, 2.24) is 4.90 Å². The molecule has 1 aliphatic carbocycles. The lowest BCUT2D eigenvalue weighted by Gasteiger charge is -2.32. The first-order valence-electron chi connectivity index (χ1n) is 7.13. The van der Waals surface area contributed by atoms with Crippen molar-refractivity contribution < 1.29 is 0 Å². The third-order valence-electron chi connectivity index (χ3n) is 4.19. The maximum absolute atomic E-state index is 6.31. The summed E-state index contributed by atoms with van der Waals surface area (Å²) in [4.78, 5) is 2.55.